The summed E-state index contributed by atoms with van der Waals surface area (Å²) < 4.78 is 26.0. The fraction of sp³-hybridized carbons (Fsp3) is 0.333. The first kappa shape index (κ1) is 14.9. The number of phenols is 1. The number of aromatic hydroxyl groups is 1. The monoisotopic (exact) mass is 270 g/mol. The Kier molecular flexibility index (Phi) is 4.40. The Morgan fingerprint density at radius 1 is 1.42 bits per heavy atom. The number of nitrogens with zero attached hydrogens (tertiary/aromatic N) is 2. The Hall–Kier alpha value is -2.20. The van der Waals surface area contributed by atoms with Crippen LogP contribution in [0.2, 0.25) is 0 Å². The standard InChI is InChI=1S/C11H8F2N2O2.CH4O/c12-11(13)3-4-15(10(11)17)8-2-1-7(6-14)9(16)5-8;1-2/h1-2,5,16H,3-4H2;2H,1H3. The van der Waals surface area contributed by atoms with Gasteiger partial charge in [-0.3, -0.25) is 4.79 Å². The number of carbonyl (C=O) groups excluding carboxylic acids is 1. The van der Waals surface area contributed by atoms with E-state index in [9.17, 15) is 18.7 Å². The molecule has 7 heteroatoms. The average molecular weight is 270 g/mol. The number of hydrogen-bond acceptors (Lipinski definition) is 4. The SMILES string of the molecule is CO.N#Cc1ccc(N2CCC(F)(F)C2=O)cc1O. The molecule has 19 heavy (non-hydrogen) atoms. The van der Waals surface area contributed by atoms with Crippen LogP contribution in [-0.4, -0.2) is 35.7 Å². The molecule has 2 N–H and O–H groups in total. The summed E-state index contributed by atoms with van der Waals surface area (Å²) >= 11 is 0. The molecule has 0 bridgehead atoms. The van der Waals surface area contributed by atoms with Crippen molar-refractivity contribution in [3.8, 4) is 11.8 Å². The lowest BCUT2D eigenvalue weighted by Gasteiger charge is -2.16. The highest BCUT2D eigenvalue weighted by molar-refractivity contribution is 6.00. The number of nitriles is 1. The summed E-state index contributed by atoms with van der Waals surface area (Å²) in [7, 11) is 1.00. The van der Waals surface area contributed by atoms with Crippen LogP contribution in [0.3, 0.4) is 0 Å². The summed E-state index contributed by atoms with van der Waals surface area (Å²) in [5, 5.41) is 25.0. The van der Waals surface area contributed by atoms with Crippen LogP contribution in [-0.2, 0) is 4.79 Å². The fourth-order valence-electron chi connectivity index (χ4n) is 1.69. The zero-order valence-electron chi connectivity index (χ0n) is 10.1. The van der Waals surface area contributed by atoms with Gasteiger partial charge >= 0.3 is 5.92 Å². The second-order valence-electron chi connectivity index (χ2n) is 3.72. The third-order valence-corrected chi connectivity index (χ3v) is 2.62. The van der Waals surface area contributed by atoms with Crippen molar-refractivity contribution in [3.05, 3.63) is 23.8 Å². The molecule has 1 heterocycles. The maximum atomic E-state index is 13.0. The van der Waals surface area contributed by atoms with E-state index in [1.54, 1.807) is 6.07 Å². The number of halogens is 2. The van der Waals surface area contributed by atoms with Crippen molar-refractivity contribution in [3.63, 3.8) is 0 Å². The Balaban J connectivity index is 0.000000861. The number of amides is 1. The molecular weight excluding hydrogens is 258 g/mol. The predicted molar refractivity (Wildman–Crippen MR) is 62.9 cm³/mol. The van der Waals surface area contributed by atoms with Gasteiger partial charge in [0, 0.05) is 31.8 Å². The minimum Gasteiger partial charge on any atom is -0.506 e. The predicted octanol–water partition coefficient (Wildman–Crippen LogP) is 1.24. The number of carbonyl (C=O) groups is 1. The smallest absolute Gasteiger partial charge is 0.326 e. The number of hydrogen-bond donors (Lipinski definition) is 2. The van der Waals surface area contributed by atoms with E-state index in [1.807, 2.05) is 0 Å². The minimum absolute atomic E-state index is 0.0344. The minimum atomic E-state index is -3.34. The number of benzene rings is 1. The molecule has 1 aromatic carbocycles. The van der Waals surface area contributed by atoms with Gasteiger partial charge in [0.15, 0.2) is 0 Å². The molecule has 1 fully saturated rings. The molecule has 5 nitrogen and oxygen atoms in total. The third-order valence-electron chi connectivity index (χ3n) is 2.62. The molecule has 2 rings (SSSR count). The van der Waals surface area contributed by atoms with Crippen LogP contribution in [0, 0.1) is 11.3 Å². The molecule has 102 valence electrons. The first-order valence-electron chi connectivity index (χ1n) is 5.33. The van der Waals surface area contributed by atoms with Gasteiger partial charge in [0.2, 0.25) is 0 Å². The van der Waals surface area contributed by atoms with Gasteiger partial charge in [0.1, 0.15) is 11.8 Å². The Labute approximate surface area is 108 Å². The first-order chi connectivity index (χ1) is 8.95. The Morgan fingerprint density at radius 2 is 2.05 bits per heavy atom. The molecule has 1 aliphatic heterocycles. The molecule has 1 aromatic rings. The highest BCUT2D eigenvalue weighted by Crippen LogP contribution is 2.34. The number of anilines is 1. The largest absolute Gasteiger partial charge is 0.506 e. The second-order valence-corrected chi connectivity index (χ2v) is 3.72. The molecular formula is C12H12F2N2O3. The summed E-state index contributed by atoms with van der Waals surface area (Å²) in [5.74, 6) is -4.95. The van der Waals surface area contributed by atoms with Gasteiger partial charge in [-0.25, -0.2) is 0 Å². The molecule has 0 radical (unpaired) electrons. The molecule has 1 saturated heterocycles. The van der Waals surface area contributed by atoms with Crippen molar-refractivity contribution in [1.82, 2.24) is 0 Å². The van der Waals surface area contributed by atoms with Crippen molar-refractivity contribution >= 4 is 11.6 Å². The van der Waals surface area contributed by atoms with Crippen LogP contribution in [0.15, 0.2) is 18.2 Å². The van der Waals surface area contributed by atoms with E-state index in [4.69, 9.17) is 10.4 Å². The quantitative estimate of drug-likeness (QED) is 0.804. The van der Waals surface area contributed by atoms with Gasteiger partial charge < -0.3 is 15.1 Å². The van der Waals surface area contributed by atoms with Gasteiger partial charge in [-0.1, -0.05) is 0 Å². The van der Waals surface area contributed by atoms with Gasteiger partial charge in [-0.05, 0) is 12.1 Å². The summed E-state index contributed by atoms with van der Waals surface area (Å²) in [6.45, 7) is -0.100. The van der Waals surface area contributed by atoms with Gasteiger partial charge in [-0.2, -0.15) is 14.0 Å². The average Bonchev–Trinajstić information content (AvgIpc) is 2.67. The zero-order valence-corrected chi connectivity index (χ0v) is 10.1. The summed E-state index contributed by atoms with van der Waals surface area (Å²) in [6, 6.07) is 5.52. The van der Waals surface area contributed by atoms with Crippen LogP contribution in [0.5, 0.6) is 5.75 Å². The summed E-state index contributed by atoms with van der Waals surface area (Å²) in [5.41, 5.74) is 0.204. The van der Waals surface area contributed by atoms with Crippen LogP contribution in [0.25, 0.3) is 0 Å². The number of aliphatic hydroxyl groups is 1. The van der Waals surface area contributed by atoms with Crippen LogP contribution < -0.4 is 4.90 Å². The molecule has 1 amide bonds. The van der Waals surface area contributed by atoms with E-state index in [2.05, 4.69) is 0 Å². The number of aliphatic hydroxyl groups excluding tert-OH is 1. The molecule has 0 spiro atoms. The van der Waals surface area contributed by atoms with Gasteiger partial charge in [0.25, 0.3) is 5.91 Å². The maximum Gasteiger partial charge on any atom is 0.326 e. The Morgan fingerprint density at radius 3 is 2.47 bits per heavy atom. The normalized spacial score (nSPS) is 16.6. The van der Waals surface area contributed by atoms with Crippen molar-refractivity contribution in [1.29, 1.82) is 5.26 Å². The summed E-state index contributed by atoms with van der Waals surface area (Å²) in [6.07, 6.45) is -0.535. The number of phenolic OH excluding ortho intramolecular Hbond substituents is 1. The zero-order chi connectivity index (χ0) is 14.6. The van der Waals surface area contributed by atoms with Crippen LogP contribution in [0.1, 0.15) is 12.0 Å². The summed E-state index contributed by atoms with van der Waals surface area (Å²) in [4.78, 5) is 12.2. The maximum absolute atomic E-state index is 13.0. The van der Waals surface area contributed by atoms with Crippen molar-refractivity contribution in [2.75, 3.05) is 18.6 Å². The first-order valence-corrected chi connectivity index (χ1v) is 5.33. The van der Waals surface area contributed by atoms with Gasteiger partial charge in [0.05, 0.1) is 5.56 Å². The van der Waals surface area contributed by atoms with Crippen LogP contribution in [0.4, 0.5) is 14.5 Å². The van der Waals surface area contributed by atoms with Crippen molar-refractivity contribution in [2.24, 2.45) is 0 Å². The van der Waals surface area contributed by atoms with Gasteiger partial charge in [-0.15, -0.1) is 0 Å². The molecule has 1 aliphatic rings. The lowest BCUT2D eigenvalue weighted by atomic mass is 10.2. The topological polar surface area (TPSA) is 84.6 Å². The molecule has 0 saturated carbocycles. The number of rotatable bonds is 1. The van der Waals surface area contributed by atoms with Crippen molar-refractivity contribution < 1.29 is 23.8 Å². The van der Waals surface area contributed by atoms with E-state index in [0.717, 1.165) is 18.1 Å². The third kappa shape index (κ3) is 2.80. The fourth-order valence-corrected chi connectivity index (χ4v) is 1.69. The van der Waals surface area contributed by atoms with E-state index in [0.29, 0.717) is 0 Å². The van der Waals surface area contributed by atoms with E-state index >= 15 is 0 Å². The number of alkyl halides is 2. The van der Waals surface area contributed by atoms with Crippen LogP contribution >= 0.6 is 0 Å². The van der Waals surface area contributed by atoms with E-state index < -0.39 is 18.3 Å². The highest BCUT2D eigenvalue weighted by Gasteiger charge is 2.48. The van der Waals surface area contributed by atoms with Crippen molar-refractivity contribution in [2.45, 2.75) is 12.3 Å². The Bertz CT molecular complexity index is 526. The highest BCUT2D eigenvalue weighted by atomic mass is 19.3. The molecule has 0 atom stereocenters. The second kappa shape index (κ2) is 5.63. The van der Waals surface area contributed by atoms with E-state index in [-0.39, 0.29) is 23.5 Å². The lowest BCUT2D eigenvalue weighted by Crippen LogP contribution is -2.33. The van der Waals surface area contributed by atoms with E-state index in [1.165, 1.54) is 12.1 Å². The molecule has 0 unspecified atom stereocenters. The lowest BCUT2D eigenvalue weighted by molar-refractivity contribution is -0.137. The molecule has 0 aliphatic carbocycles. The molecule has 0 aromatic heterocycles.